The Kier molecular flexibility index (Phi) is 7.10. The molecule has 0 bridgehead atoms. The van der Waals surface area contributed by atoms with Crippen LogP contribution >= 0.6 is 0 Å². The van der Waals surface area contributed by atoms with Crippen LogP contribution in [0.25, 0.3) is 0 Å². The molecule has 7 heteroatoms. The van der Waals surface area contributed by atoms with Gasteiger partial charge in [0.2, 0.25) is 0 Å². The van der Waals surface area contributed by atoms with Crippen molar-refractivity contribution in [2.24, 2.45) is 4.40 Å². The molecule has 2 aromatic rings. The molecule has 6 nitrogen and oxygen atoms in total. The zero-order valence-electron chi connectivity index (χ0n) is 15.0. The maximum absolute atomic E-state index is 12.8. The smallest absolute Gasteiger partial charge is 0.284 e. The van der Waals surface area contributed by atoms with Crippen molar-refractivity contribution in [2.75, 3.05) is 13.1 Å². The van der Waals surface area contributed by atoms with E-state index in [0.717, 1.165) is 5.56 Å². The van der Waals surface area contributed by atoms with Crippen LogP contribution in [0.4, 0.5) is 0 Å². The number of nitriles is 2. The quantitative estimate of drug-likeness (QED) is 0.542. The molecule has 27 heavy (non-hydrogen) atoms. The first kappa shape index (κ1) is 20.2. The molecule has 0 aliphatic carbocycles. The predicted octanol–water partition coefficient (Wildman–Crippen LogP) is 3.26. The molecule has 0 radical (unpaired) electrons. The van der Waals surface area contributed by atoms with Crippen LogP contribution in [-0.2, 0) is 10.0 Å². The van der Waals surface area contributed by atoms with Crippen molar-refractivity contribution in [3.63, 3.8) is 0 Å². The third kappa shape index (κ3) is 5.67. The normalized spacial score (nSPS) is 11.4. The lowest BCUT2D eigenvalue weighted by atomic mass is 10.2. The van der Waals surface area contributed by atoms with Crippen LogP contribution in [0, 0.1) is 29.6 Å². The molecule has 0 atom stereocenters. The fraction of sp³-hybridized carbons (Fsp3) is 0.250. The highest BCUT2D eigenvalue weighted by Crippen LogP contribution is 2.17. The van der Waals surface area contributed by atoms with Crippen LogP contribution in [0.15, 0.2) is 63.9 Å². The molecular formula is C20H20N4O2S. The number of amidine groups is 1. The summed E-state index contributed by atoms with van der Waals surface area (Å²) in [6, 6.07) is 19.5. The third-order valence-electron chi connectivity index (χ3n) is 3.84. The summed E-state index contributed by atoms with van der Waals surface area (Å²) in [5, 5.41) is 17.9. The zero-order valence-corrected chi connectivity index (χ0v) is 15.9. The van der Waals surface area contributed by atoms with Crippen LogP contribution in [0.2, 0.25) is 0 Å². The SMILES string of the molecule is Cc1ccc(S(=O)(=O)/N=C(\c2ccccc2)N(CCC#N)CCC#N)cc1. The molecular weight excluding hydrogens is 360 g/mol. The monoisotopic (exact) mass is 380 g/mol. The summed E-state index contributed by atoms with van der Waals surface area (Å²) in [7, 11) is -3.94. The van der Waals surface area contributed by atoms with Crippen LogP contribution in [0.1, 0.15) is 24.0 Å². The Hall–Kier alpha value is -3.16. The van der Waals surface area contributed by atoms with E-state index >= 15 is 0 Å². The van der Waals surface area contributed by atoms with Gasteiger partial charge in [-0.05, 0) is 19.1 Å². The summed E-state index contributed by atoms with van der Waals surface area (Å²) >= 11 is 0. The Bertz CT molecular complexity index is 951. The van der Waals surface area contributed by atoms with E-state index in [1.807, 2.05) is 13.0 Å². The van der Waals surface area contributed by atoms with Gasteiger partial charge in [0.1, 0.15) is 5.84 Å². The highest BCUT2D eigenvalue weighted by Gasteiger charge is 2.20. The molecule has 0 aromatic heterocycles. The van der Waals surface area contributed by atoms with E-state index in [0.29, 0.717) is 5.56 Å². The predicted molar refractivity (Wildman–Crippen MR) is 103 cm³/mol. The molecule has 2 aromatic carbocycles. The Balaban J connectivity index is 2.54. The van der Waals surface area contributed by atoms with Crippen LogP contribution in [0.5, 0.6) is 0 Å². The number of hydrogen-bond donors (Lipinski definition) is 0. The Morgan fingerprint density at radius 3 is 2.04 bits per heavy atom. The minimum Gasteiger partial charge on any atom is -0.353 e. The summed E-state index contributed by atoms with van der Waals surface area (Å²) in [6.07, 6.45) is 0.393. The van der Waals surface area contributed by atoms with Gasteiger partial charge in [0.05, 0.1) is 29.9 Å². The van der Waals surface area contributed by atoms with Crippen molar-refractivity contribution in [2.45, 2.75) is 24.7 Å². The Labute approximate surface area is 160 Å². The van der Waals surface area contributed by atoms with Gasteiger partial charge in [-0.2, -0.15) is 18.9 Å². The first-order valence-electron chi connectivity index (χ1n) is 8.44. The van der Waals surface area contributed by atoms with Gasteiger partial charge >= 0.3 is 0 Å². The highest BCUT2D eigenvalue weighted by molar-refractivity contribution is 7.90. The second-order valence-corrected chi connectivity index (χ2v) is 7.48. The molecule has 0 unspecified atom stereocenters. The lowest BCUT2D eigenvalue weighted by Crippen LogP contribution is -2.34. The lowest BCUT2D eigenvalue weighted by Gasteiger charge is -2.24. The van der Waals surface area contributed by atoms with Crippen molar-refractivity contribution < 1.29 is 8.42 Å². The fourth-order valence-electron chi connectivity index (χ4n) is 2.45. The molecule has 0 fully saturated rings. The van der Waals surface area contributed by atoms with Gasteiger partial charge in [0.15, 0.2) is 0 Å². The largest absolute Gasteiger partial charge is 0.353 e. The summed E-state index contributed by atoms with van der Waals surface area (Å²) in [4.78, 5) is 1.77. The van der Waals surface area contributed by atoms with Crippen molar-refractivity contribution in [3.8, 4) is 12.1 Å². The maximum atomic E-state index is 12.8. The number of nitrogens with zero attached hydrogens (tertiary/aromatic N) is 4. The van der Waals surface area contributed by atoms with Gasteiger partial charge in [-0.25, -0.2) is 0 Å². The Morgan fingerprint density at radius 1 is 0.963 bits per heavy atom. The maximum Gasteiger partial charge on any atom is 0.284 e. The van der Waals surface area contributed by atoms with Gasteiger partial charge in [-0.15, -0.1) is 4.40 Å². The average Bonchev–Trinajstić information content (AvgIpc) is 2.68. The Morgan fingerprint density at radius 2 is 1.52 bits per heavy atom. The van der Waals surface area contributed by atoms with E-state index in [1.165, 1.54) is 12.1 Å². The van der Waals surface area contributed by atoms with E-state index < -0.39 is 10.0 Å². The standard InChI is InChI=1S/C20H20N4O2S/c1-17-9-11-19(12-10-17)27(25,26)23-20(18-7-3-2-4-8-18)24(15-5-13-21)16-6-14-22/h2-4,7-12H,5-6,15-16H2,1H3/b23-20+. The molecule has 0 amide bonds. The first-order chi connectivity index (χ1) is 13.0. The van der Waals surface area contributed by atoms with Crippen molar-refractivity contribution in [3.05, 3.63) is 65.7 Å². The third-order valence-corrected chi connectivity index (χ3v) is 5.13. The van der Waals surface area contributed by atoms with E-state index in [4.69, 9.17) is 10.5 Å². The van der Waals surface area contributed by atoms with E-state index in [-0.39, 0.29) is 36.7 Å². The summed E-state index contributed by atoms with van der Waals surface area (Å²) in [5.74, 6) is 0.238. The molecule has 0 saturated heterocycles. The summed E-state index contributed by atoms with van der Waals surface area (Å²) in [6.45, 7) is 2.45. The summed E-state index contributed by atoms with van der Waals surface area (Å²) in [5.41, 5.74) is 1.56. The number of benzene rings is 2. The average molecular weight is 380 g/mol. The number of aryl methyl sites for hydroxylation is 1. The molecule has 0 aliphatic rings. The molecule has 2 rings (SSSR count). The van der Waals surface area contributed by atoms with Crippen LogP contribution < -0.4 is 0 Å². The van der Waals surface area contributed by atoms with Crippen LogP contribution in [-0.4, -0.2) is 32.2 Å². The zero-order chi connectivity index (χ0) is 19.7. The van der Waals surface area contributed by atoms with Gasteiger partial charge in [-0.3, -0.25) is 0 Å². The van der Waals surface area contributed by atoms with E-state index in [1.54, 1.807) is 41.3 Å². The molecule has 0 heterocycles. The van der Waals surface area contributed by atoms with Gasteiger partial charge in [-0.1, -0.05) is 48.0 Å². The molecule has 0 saturated carbocycles. The number of sulfonamides is 1. The number of rotatable bonds is 7. The molecule has 0 spiro atoms. The molecule has 0 aliphatic heterocycles. The lowest BCUT2D eigenvalue weighted by molar-refractivity contribution is 0.437. The second-order valence-electron chi connectivity index (χ2n) is 5.87. The van der Waals surface area contributed by atoms with Crippen molar-refractivity contribution in [1.29, 1.82) is 10.5 Å². The summed E-state index contributed by atoms with van der Waals surface area (Å²) < 4.78 is 29.8. The van der Waals surface area contributed by atoms with Crippen molar-refractivity contribution >= 4 is 15.9 Å². The van der Waals surface area contributed by atoms with Gasteiger partial charge < -0.3 is 4.90 Å². The first-order valence-corrected chi connectivity index (χ1v) is 9.88. The van der Waals surface area contributed by atoms with Gasteiger partial charge in [0.25, 0.3) is 10.0 Å². The minimum atomic E-state index is -3.94. The second kappa shape index (κ2) is 9.51. The fourth-order valence-corrected chi connectivity index (χ4v) is 3.48. The highest BCUT2D eigenvalue weighted by atomic mass is 32.2. The molecule has 138 valence electrons. The van der Waals surface area contributed by atoms with Crippen LogP contribution in [0.3, 0.4) is 0 Å². The topological polar surface area (TPSA) is 97.3 Å². The van der Waals surface area contributed by atoms with Gasteiger partial charge in [0, 0.05) is 18.7 Å². The number of hydrogen-bond acceptors (Lipinski definition) is 4. The van der Waals surface area contributed by atoms with E-state index in [2.05, 4.69) is 16.5 Å². The van der Waals surface area contributed by atoms with E-state index in [9.17, 15) is 8.42 Å². The van der Waals surface area contributed by atoms with Crippen molar-refractivity contribution in [1.82, 2.24) is 4.90 Å². The minimum absolute atomic E-state index is 0.0991. The molecule has 0 N–H and O–H groups in total.